The average Bonchev–Trinajstić information content (AvgIpc) is 2.41. The molecule has 1 aromatic carbocycles. The van der Waals surface area contributed by atoms with E-state index in [0.717, 1.165) is 0 Å². The van der Waals surface area contributed by atoms with Gasteiger partial charge in [0.2, 0.25) is 0 Å². The molecule has 0 aliphatic rings. The molecule has 1 amide bonds. The van der Waals surface area contributed by atoms with E-state index >= 15 is 0 Å². The molecule has 4 nitrogen and oxygen atoms in total. The standard InChI is InChI=1S/C13H12ClN3O/c1-17(12-4-2-3-7-16-12)13(18)9-5-6-10(14)11(15)8-9/h2-8H,15H2,1H3. The molecule has 5 heteroatoms. The van der Waals surface area contributed by atoms with Crippen molar-refractivity contribution in [1.29, 1.82) is 0 Å². The van der Waals surface area contributed by atoms with E-state index in [2.05, 4.69) is 4.98 Å². The number of nitrogens with two attached hydrogens (primary N) is 1. The Morgan fingerprint density at radius 3 is 2.72 bits per heavy atom. The molecule has 0 saturated carbocycles. The minimum absolute atomic E-state index is 0.183. The molecule has 2 N–H and O–H groups in total. The monoisotopic (exact) mass is 261 g/mol. The maximum atomic E-state index is 12.2. The van der Waals surface area contributed by atoms with E-state index in [9.17, 15) is 4.79 Å². The Hall–Kier alpha value is -2.07. The third-order valence-electron chi connectivity index (χ3n) is 2.54. The minimum atomic E-state index is -0.183. The number of hydrogen-bond acceptors (Lipinski definition) is 3. The second-order valence-electron chi connectivity index (χ2n) is 3.79. The lowest BCUT2D eigenvalue weighted by atomic mass is 10.2. The first-order chi connectivity index (χ1) is 8.59. The van der Waals surface area contributed by atoms with Crippen LogP contribution in [-0.4, -0.2) is 17.9 Å². The van der Waals surface area contributed by atoms with Crippen LogP contribution in [0.1, 0.15) is 10.4 Å². The van der Waals surface area contributed by atoms with Crippen LogP contribution < -0.4 is 10.6 Å². The highest BCUT2D eigenvalue weighted by Crippen LogP contribution is 2.21. The number of nitrogen functional groups attached to an aromatic ring is 1. The van der Waals surface area contributed by atoms with Crippen LogP contribution in [-0.2, 0) is 0 Å². The van der Waals surface area contributed by atoms with Crippen molar-refractivity contribution in [2.75, 3.05) is 17.7 Å². The summed E-state index contributed by atoms with van der Waals surface area (Å²) in [6.07, 6.45) is 1.63. The van der Waals surface area contributed by atoms with Gasteiger partial charge in [0.25, 0.3) is 5.91 Å². The highest BCUT2D eigenvalue weighted by molar-refractivity contribution is 6.33. The van der Waals surface area contributed by atoms with Crippen molar-refractivity contribution in [2.45, 2.75) is 0 Å². The van der Waals surface area contributed by atoms with Gasteiger partial charge >= 0.3 is 0 Å². The maximum Gasteiger partial charge on any atom is 0.259 e. The Morgan fingerprint density at radius 2 is 2.11 bits per heavy atom. The lowest BCUT2D eigenvalue weighted by Crippen LogP contribution is -2.27. The summed E-state index contributed by atoms with van der Waals surface area (Å²) in [4.78, 5) is 17.8. The van der Waals surface area contributed by atoms with Crippen molar-refractivity contribution in [3.8, 4) is 0 Å². The molecule has 1 aromatic heterocycles. The molecule has 92 valence electrons. The van der Waals surface area contributed by atoms with Crippen LogP contribution >= 0.6 is 11.6 Å². The summed E-state index contributed by atoms with van der Waals surface area (Å²) < 4.78 is 0. The molecule has 0 aliphatic heterocycles. The first kappa shape index (κ1) is 12.4. The number of anilines is 2. The highest BCUT2D eigenvalue weighted by Gasteiger charge is 2.14. The Bertz CT molecular complexity index is 572. The van der Waals surface area contributed by atoms with Crippen molar-refractivity contribution in [2.24, 2.45) is 0 Å². The summed E-state index contributed by atoms with van der Waals surface area (Å²) in [7, 11) is 1.66. The lowest BCUT2D eigenvalue weighted by Gasteiger charge is -2.16. The molecule has 2 rings (SSSR count). The van der Waals surface area contributed by atoms with Gasteiger partial charge in [-0.3, -0.25) is 9.69 Å². The van der Waals surface area contributed by atoms with Crippen LogP contribution in [0.2, 0.25) is 5.02 Å². The zero-order valence-corrected chi connectivity index (χ0v) is 10.6. The molecule has 18 heavy (non-hydrogen) atoms. The number of amides is 1. The SMILES string of the molecule is CN(C(=O)c1ccc(Cl)c(N)c1)c1ccccn1. The summed E-state index contributed by atoms with van der Waals surface area (Å²) in [5, 5.41) is 0.437. The van der Waals surface area contributed by atoms with Gasteiger partial charge in [-0.05, 0) is 30.3 Å². The molecule has 1 heterocycles. The predicted octanol–water partition coefficient (Wildman–Crippen LogP) is 2.59. The third-order valence-corrected chi connectivity index (χ3v) is 2.88. The number of nitrogens with zero attached hydrogens (tertiary/aromatic N) is 2. The quantitative estimate of drug-likeness (QED) is 0.846. The highest BCUT2D eigenvalue weighted by atomic mass is 35.5. The van der Waals surface area contributed by atoms with Crippen LogP contribution in [0.4, 0.5) is 11.5 Å². The molecule has 0 atom stereocenters. The topological polar surface area (TPSA) is 59.2 Å². The summed E-state index contributed by atoms with van der Waals surface area (Å²) in [6, 6.07) is 10.2. The molecule has 0 saturated heterocycles. The second kappa shape index (κ2) is 5.06. The number of pyridine rings is 1. The van der Waals surface area contributed by atoms with Gasteiger partial charge in [-0.2, -0.15) is 0 Å². The van der Waals surface area contributed by atoms with Gasteiger partial charge in [-0.15, -0.1) is 0 Å². The lowest BCUT2D eigenvalue weighted by molar-refractivity contribution is 0.0992. The second-order valence-corrected chi connectivity index (χ2v) is 4.20. The number of halogens is 1. The number of carbonyl (C=O) groups is 1. The number of carbonyl (C=O) groups excluding carboxylic acids is 1. The Labute approximate surface area is 110 Å². The van der Waals surface area contributed by atoms with E-state index in [-0.39, 0.29) is 5.91 Å². The van der Waals surface area contributed by atoms with Crippen molar-refractivity contribution in [3.63, 3.8) is 0 Å². The smallest absolute Gasteiger partial charge is 0.259 e. The number of hydrogen-bond donors (Lipinski definition) is 1. The molecule has 0 unspecified atom stereocenters. The van der Waals surface area contributed by atoms with Gasteiger partial charge in [0.1, 0.15) is 5.82 Å². The maximum absolute atomic E-state index is 12.2. The van der Waals surface area contributed by atoms with Crippen molar-refractivity contribution < 1.29 is 4.79 Å². The van der Waals surface area contributed by atoms with Gasteiger partial charge < -0.3 is 5.73 Å². The first-order valence-corrected chi connectivity index (χ1v) is 5.71. The van der Waals surface area contributed by atoms with Gasteiger partial charge in [0.15, 0.2) is 0 Å². The molecule has 0 aliphatic carbocycles. The van der Waals surface area contributed by atoms with Gasteiger partial charge in [0, 0.05) is 18.8 Å². The van der Waals surface area contributed by atoms with E-state index < -0.39 is 0 Å². The summed E-state index contributed by atoms with van der Waals surface area (Å²) in [5.74, 6) is 0.396. The molecular formula is C13H12ClN3O. The fraction of sp³-hybridized carbons (Fsp3) is 0.0769. The molecular weight excluding hydrogens is 250 g/mol. The van der Waals surface area contributed by atoms with Crippen LogP contribution in [0, 0.1) is 0 Å². The van der Waals surface area contributed by atoms with Crippen molar-refractivity contribution in [3.05, 3.63) is 53.2 Å². The average molecular weight is 262 g/mol. The zero-order chi connectivity index (χ0) is 13.1. The summed E-state index contributed by atoms with van der Waals surface area (Å²) in [6.45, 7) is 0. The molecule has 0 fully saturated rings. The van der Waals surface area contributed by atoms with E-state index in [1.165, 1.54) is 4.90 Å². The fourth-order valence-electron chi connectivity index (χ4n) is 1.53. The van der Waals surface area contributed by atoms with Crippen molar-refractivity contribution in [1.82, 2.24) is 4.98 Å². The molecule has 0 radical (unpaired) electrons. The Balaban J connectivity index is 2.29. The summed E-state index contributed by atoms with van der Waals surface area (Å²) in [5.41, 5.74) is 6.54. The van der Waals surface area contributed by atoms with Crippen LogP contribution in [0.25, 0.3) is 0 Å². The molecule has 0 spiro atoms. The van der Waals surface area contributed by atoms with Crippen LogP contribution in [0.15, 0.2) is 42.6 Å². The van der Waals surface area contributed by atoms with E-state index in [1.54, 1.807) is 43.6 Å². The zero-order valence-electron chi connectivity index (χ0n) is 9.80. The normalized spacial score (nSPS) is 10.1. The van der Waals surface area contributed by atoms with Gasteiger partial charge in [0.05, 0.1) is 10.7 Å². The number of rotatable bonds is 2. The Morgan fingerprint density at radius 1 is 1.33 bits per heavy atom. The van der Waals surface area contributed by atoms with Crippen LogP contribution in [0.5, 0.6) is 0 Å². The van der Waals surface area contributed by atoms with Gasteiger partial charge in [-0.1, -0.05) is 17.7 Å². The van der Waals surface area contributed by atoms with Crippen LogP contribution in [0.3, 0.4) is 0 Å². The number of aromatic nitrogens is 1. The third kappa shape index (κ3) is 2.43. The largest absolute Gasteiger partial charge is 0.398 e. The minimum Gasteiger partial charge on any atom is -0.398 e. The van der Waals surface area contributed by atoms with Crippen molar-refractivity contribution >= 4 is 29.0 Å². The van der Waals surface area contributed by atoms with E-state index in [0.29, 0.717) is 22.1 Å². The van der Waals surface area contributed by atoms with Gasteiger partial charge in [-0.25, -0.2) is 4.98 Å². The van der Waals surface area contributed by atoms with E-state index in [1.807, 2.05) is 6.07 Å². The first-order valence-electron chi connectivity index (χ1n) is 5.33. The predicted molar refractivity (Wildman–Crippen MR) is 72.8 cm³/mol. The number of benzene rings is 1. The molecule has 0 bridgehead atoms. The Kier molecular flexibility index (Phi) is 3.48. The molecule has 2 aromatic rings. The fourth-order valence-corrected chi connectivity index (χ4v) is 1.64. The van der Waals surface area contributed by atoms with E-state index in [4.69, 9.17) is 17.3 Å². The summed E-state index contributed by atoms with van der Waals surface area (Å²) >= 11 is 5.82.